The standard InChI is InChI=1S/C14H20BrF2NO/c1-2-8-18-13(7-9-19-10-14(16)17)11-3-5-12(15)6-4-11/h3-6,13-14,18H,2,7-10H2,1H3. The van der Waals surface area contributed by atoms with E-state index in [2.05, 4.69) is 28.2 Å². The summed E-state index contributed by atoms with van der Waals surface area (Å²) in [7, 11) is 0. The quantitative estimate of drug-likeness (QED) is 0.684. The van der Waals surface area contributed by atoms with E-state index in [0.717, 1.165) is 23.0 Å². The lowest BCUT2D eigenvalue weighted by molar-refractivity contribution is 0.0143. The molecule has 1 unspecified atom stereocenters. The first-order valence-electron chi connectivity index (χ1n) is 6.48. The normalized spacial score (nSPS) is 12.9. The molecule has 0 fully saturated rings. The predicted molar refractivity (Wildman–Crippen MR) is 76.6 cm³/mol. The summed E-state index contributed by atoms with van der Waals surface area (Å²) in [5, 5.41) is 3.41. The SMILES string of the molecule is CCCNC(CCOCC(F)F)c1ccc(Br)cc1. The first kappa shape index (κ1) is 16.5. The second kappa shape index (κ2) is 9.39. The van der Waals surface area contributed by atoms with E-state index in [4.69, 9.17) is 4.74 Å². The van der Waals surface area contributed by atoms with Gasteiger partial charge >= 0.3 is 0 Å². The second-order valence-corrected chi connectivity index (χ2v) is 5.23. The summed E-state index contributed by atoms with van der Waals surface area (Å²) in [5.74, 6) is 0. The van der Waals surface area contributed by atoms with Crippen LogP contribution < -0.4 is 5.32 Å². The summed E-state index contributed by atoms with van der Waals surface area (Å²) < 4.78 is 29.9. The summed E-state index contributed by atoms with van der Waals surface area (Å²) in [6, 6.07) is 8.17. The van der Waals surface area contributed by atoms with E-state index in [1.165, 1.54) is 0 Å². The molecule has 1 aromatic carbocycles. The lowest BCUT2D eigenvalue weighted by Crippen LogP contribution is -2.23. The van der Waals surface area contributed by atoms with Crippen molar-refractivity contribution in [1.29, 1.82) is 0 Å². The predicted octanol–water partition coefficient (Wildman–Crippen LogP) is 4.16. The van der Waals surface area contributed by atoms with Crippen LogP contribution in [0.1, 0.15) is 31.4 Å². The maximum Gasteiger partial charge on any atom is 0.261 e. The van der Waals surface area contributed by atoms with Crippen LogP contribution in [0, 0.1) is 0 Å². The van der Waals surface area contributed by atoms with Gasteiger partial charge in [0.1, 0.15) is 6.61 Å². The van der Waals surface area contributed by atoms with Crippen LogP contribution in [0.2, 0.25) is 0 Å². The van der Waals surface area contributed by atoms with Gasteiger partial charge in [0.25, 0.3) is 6.43 Å². The molecule has 0 aliphatic rings. The van der Waals surface area contributed by atoms with Crippen molar-refractivity contribution < 1.29 is 13.5 Å². The molecule has 0 aromatic heterocycles. The Hall–Kier alpha value is -0.520. The van der Waals surface area contributed by atoms with Crippen LogP contribution in [0.5, 0.6) is 0 Å². The van der Waals surface area contributed by atoms with E-state index >= 15 is 0 Å². The molecular formula is C14H20BrF2NO. The molecule has 1 rings (SSSR count). The molecule has 0 heterocycles. The molecule has 0 saturated heterocycles. The van der Waals surface area contributed by atoms with Gasteiger partial charge in [-0.1, -0.05) is 35.0 Å². The van der Waals surface area contributed by atoms with E-state index < -0.39 is 13.0 Å². The highest BCUT2D eigenvalue weighted by atomic mass is 79.9. The topological polar surface area (TPSA) is 21.3 Å². The maximum absolute atomic E-state index is 12.0. The smallest absolute Gasteiger partial charge is 0.261 e. The Bertz CT molecular complexity index is 346. The Morgan fingerprint density at radius 2 is 1.95 bits per heavy atom. The lowest BCUT2D eigenvalue weighted by atomic mass is 10.0. The van der Waals surface area contributed by atoms with E-state index in [1.54, 1.807) is 0 Å². The largest absolute Gasteiger partial charge is 0.375 e. The summed E-state index contributed by atoms with van der Waals surface area (Å²) >= 11 is 3.40. The molecule has 0 bridgehead atoms. The average molecular weight is 336 g/mol. The zero-order chi connectivity index (χ0) is 14.1. The molecule has 2 nitrogen and oxygen atoms in total. The molecular weight excluding hydrogens is 316 g/mol. The molecule has 1 N–H and O–H groups in total. The van der Waals surface area contributed by atoms with Gasteiger partial charge in [0.05, 0.1) is 0 Å². The van der Waals surface area contributed by atoms with Crippen LogP contribution in [-0.4, -0.2) is 26.2 Å². The molecule has 0 amide bonds. The molecule has 1 atom stereocenters. The van der Waals surface area contributed by atoms with E-state index in [9.17, 15) is 8.78 Å². The van der Waals surface area contributed by atoms with Crippen molar-refractivity contribution >= 4 is 15.9 Å². The molecule has 0 radical (unpaired) electrons. The van der Waals surface area contributed by atoms with Crippen molar-refractivity contribution in [3.63, 3.8) is 0 Å². The van der Waals surface area contributed by atoms with E-state index in [1.807, 2.05) is 24.3 Å². The summed E-state index contributed by atoms with van der Waals surface area (Å²) in [5.41, 5.74) is 1.15. The number of hydrogen-bond donors (Lipinski definition) is 1. The van der Waals surface area contributed by atoms with Crippen molar-refractivity contribution in [3.05, 3.63) is 34.3 Å². The lowest BCUT2D eigenvalue weighted by Gasteiger charge is -2.19. The minimum atomic E-state index is -2.39. The minimum absolute atomic E-state index is 0.144. The van der Waals surface area contributed by atoms with Crippen molar-refractivity contribution in [2.45, 2.75) is 32.2 Å². The zero-order valence-electron chi connectivity index (χ0n) is 11.0. The fourth-order valence-corrected chi connectivity index (χ4v) is 2.04. The van der Waals surface area contributed by atoms with Crippen molar-refractivity contribution in [2.75, 3.05) is 19.8 Å². The van der Waals surface area contributed by atoms with Crippen LogP contribution in [0.25, 0.3) is 0 Å². The molecule has 108 valence electrons. The van der Waals surface area contributed by atoms with Gasteiger partial charge in [-0.05, 0) is 37.1 Å². The Balaban J connectivity index is 2.48. The second-order valence-electron chi connectivity index (χ2n) is 4.31. The number of nitrogens with one attached hydrogen (secondary N) is 1. The average Bonchev–Trinajstić information content (AvgIpc) is 2.39. The zero-order valence-corrected chi connectivity index (χ0v) is 12.6. The van der Waals surface area contributed by atoms with Gasteiger partial charge in [0.15, 0.2) is 0 Å². The molecule has 0 saturated carbocycles. The van der Waals surface area contributed by atoms with Crippen LogP contribution in [-0.2, 0) is 4.74 Å². The minimum Gasteiger partial charge on any atom is -0.375 e. The van der Waals surface area contributed by atoms with Crippen LogP contribution in [0.3, 0.4) is 0 Å². The highest BCUT2D eigenvalue weighted by Gasteiger charge is 2.11. The Morgan fingerprint density at radius 3 is 2.53 bits per heavy atom. The molecule has 0 aliphatic heterocycles. The molecule has 0 spiro atoms. The van der Waals surface area contributed by atoms with Crippen LogP contribution in [0.4, 0.5) is 8.78 Å². The van der Waals surface area contributed by atoms with Crippen LogP contribution >= 0.6 is 15.9 Å². The highest BCUT2D eigenvalue weighted by molar-refractivity contribution is 9.10. The molecule has 1 aromatic rings. The summed E-state index contributed by atoms with van der Waals surface area (Å²) in [6.45, 7) is 2.84. The van der Waals surface area contributed by atoms with Gasteiger partial charge in [-0.3, -0.25) is 0 Å². The van der Waals surface area contributed by atoms with E-state index in [0.29, 0.717) is 13.0 Å². The summed E-state index contributed by atoms with van der Waals surface area (Å²) in [6.07, 6.45) is -0.672. The first-order valence-corrected chi connectivity index (χ1v) is 7.27. The van der Waals surface area contributed by atoms with Crippen LogP contribution in [0.15, 0.2) is 28.7 Å². The van der Waals surface area contributed by atoms with Gasteiger partial charge in [-0.2, -0.15) is 0 Å². The van der Waals surface area contributed by atoms with Gasteiger partial charge in [-0.15, -0.1) is 0 Å². The van der Waals surface area contributed by atoms with Crippen molar-refractivity contribution in [3.8, 4) is 0 Å². The molecule has 5 heteroatoms. The Labute approximate surface area is 121 Å². The number of ether oxygens (including phenoxy) is 1. The fraction of sp³-hybridized carbons (Fsp3) is 0.571. The number of hydrogen-bond acceptors (Lipinski definition) is 2. The number of rotatable bonds is 9. The third-order valence-corrected chi connectivity index (χ3v) is 3.24. The summed E-state index contributed by atoms with van der Waals surface area (Å²) in [4.78, 5) is 0. The third kappa shape index (κ3) is 6.99. The molecule has 19 heavy (non-hydrogen) atoms. The maximum atomic E-state index is 12.0. The van der Waals surface area contributed by atoms with Gasteiger partial charge < -0.3 is 10.1 Å². The van der Waals surface area contributed by atoms with E-state index in [-0.39, 0.29) is 6.04 Å². The van der Waals surface area contributed by atoms with Gasteiger partial charge in [0, 0.05) is 17.1 Å². The van der Waals surface area contributed by atoms with Crippen molar-refractivity contribution in [1.82, 2.24) is 5.32 Å². The Kier molecular flexibility index (Phi) is 8.18. The Morgan fingerprint density at radius 1 is 1.26 bits per heavy atom. The van der Waals surface area contributed by atoms with Crippen molar-refractivity contribution in [2.24, 2.45) is 0 Å². The number of benzene rings is 1. The number of alkyl halides is 2. The highest BCUT2D eigenvalue weighted by Crippen LogP contribution is 2.20. The monoisotopic (exact) mass is 335 g/mol. The van der Waals surface area contributed by atoms with Gasteiger partial charge in [-0.25, -0.2) is 8.78 Å². The van der Waals surface area contributed by atoms with Gasteiger partial charge in [0.2, 0.25) is 0 Å². The molecule has 0 aliphatic carbocycles. The first-order chi connectivity index (χ1) is 9.13. The number of halogens is 3. The fourth-order valence-electron chi connectivity index (χ4n) is 1.77. The third-order valence-electron chi connectivity index (χ3n) is 2.71.